The van der Waals surface area contributed by atoms with E-state index in [1.807, 2.05) is 55.7 Å². The number of hydrogen-bond donors (Lipinski definition) is 2. The van der Waals surface area contributed by atoms with Gasteiger partial charge in [-0.15, -0.1) is 0 Å². The van der Waals surface area contributed by atoms with E-state index >= 15 is 0 Å². The molecule has 4 aromatic heterocycles. The Kier molecular flexibility index (Phi) is 5.01. The van der Waals surface area contributed by atoms with Crippen molar-refractivity contribution in [3.05, 3.63) is 59.9 Å². The minimum atomic E-state index is -0.712. The van der Waals surface area contributed by atoms with Crippen LogP contribution < -0.4 is 10.1 Å². The van der Waals surface area contributed by atoms with E-state index in [1.165, 1.54) is 0 Å². The van der Waals surface area contributed by atoms with Gasteiger partial charge in [-0.2, -0.15) is 5.10 Å². The number of aromatic nitrogens is 5. The second-order valence-corrected chi connectivity index (χ2v) is 8.57. The first-order valence-corrected chi connectivity index (χ1v) is 10.8. The highest BCUT2D eigenvalue weighted by molar-refractivity contribution is 5.75. The van der Waals surface area contributed by atoms with Crippen molar-refractivity contribution < 1.29 is 9.84 Å². The first kappa shape index (κ1) is 20.4. The molecular formula is C24H26N6O2. The van der Waals surface area contributed by atoms with Crippen molar-refractivity contribution in [2.24, 2.45) is 0 Å². The molecule has 1 fully saturated rings. The number of hydrogen-bond acceptors (Lipinski definition) is 7. The maximum Gasteiger partial charge on any atom is 0.154 e. The molecular weight excluding hydrogens is 404 g/mol. The Bertz CT molecular complexity index is 1270. The fraction of sp³-hybridized carbons (Fsp3) is 0.333. The maximum absolute atomic E-state index is 10.4. The number of aliphatic hydroxyl groups is 1. The molecule has 0 aromatic carbocycles. The minimum absolute atomic E-state index is 0.283. The third-order valence-corrected chi connectivity index (χ3v) is 5.78. The number of pyridine rings is 2. The van der Waals surface area contributed by atoms with Gasteiger partial charge in [0.05, 0.1) is 17.3 Å². The summed E-state index contributed by atoms with van der Waals surface area (Å²) in [5.74, 6) is 2.80. The number of rotatable bonds is 6. The van der Waals surface area contributed by atoms with Gasteiger partial charge in [-0.25, -0.2) is 14.5 Å². The fourth-order valence-electron chi connectivity index (χ4n) is 3.96. The molecule has 0 unspecified atom stereocenters. The van der Waals surface area contributed by atoms with Gasteiger partial charge in [-0.3, -0.25) is 4.98 Å². The zero-order chi connectivity index (χ0) is 22.3. The van der Waals surface area contributed by atoms with Crippen LogP contribution in [0.25, 0.3) is 16.6 Å². The van der Waals surface area contributed by atoms with Crippen LogP contribution in [0.15, 0.2) is 42.7 Å². The van der Waals surface area contributed by atoms with Gasteiger partial charge in [0, 0.05) is 35.3 Å². The Morgan fingerprint density at radius 1 is 1.06 bits per heavy atom. The lowest BCUT2D eigenvalue weighted by atomic mass is 9.81. The first-order valence-electron chi connectivity index (χ1n) is 10.8. The summed E-state index contributed by atoms with van der Waals surface area (Å²) < 4.78 is 7.83. The summed E-state index contributed by atoms with van der Waals surface area (Å²) in [6.45, 7) is 6.05. The van der Waals surface area contributed by atoms with Crippen LogP contribution in [0.2, 0.25) is 0 Å². The molecule has 1 aliphatic rings. The monoisotopic (exact) mass is 430 g/mol. The van der Waals surface area contributed by atoms with Crippen LogP contribution in [-0.2, 0) is 0 Å². The van der Waals surface area contributed by atoms with Crippen LogP contribution >= 0.6 is 0 Å². The molecule has 32 heavy (non-hydrogen) atoms. The van der Waals surface area contributed by atoms with Crippen LogP contribution in [0.4, 0.5) is 11.6 Å². The lowest BCUT2D eigenvalue weighted by Crippen LogP contribution is -2.42. The van der Waals surface area contributed by atoms with Crippen molar-refractivity contribution >= 4 is 17.2 Å². The standard InChI is InChI=1S/C24H26N6O2/c1-15-9-20(21(13-25-15)32-14-24(31)6-4-7-24)18-5-8-30-19(11-18)12-23(29-30)28-22-10-16(2)26-17(3)27-22/h5,8-13,31H,4,6-7,14H2,1-3H3,(H,26,27,28,29). The molecule has 5 rings (SSSR count). The van der Waals surface area contributed by atoms with E-state index in [-0.39, 0.29) is 6.61 Å². The van der Waals surface area contributed by atoms with Gasteiger partial charge in [0.2, 0.25) is 0 Å². The van der Waals surface area contributed by atoms with Gasteiger partial charge in [-0.05, 0) is 63.8 Å². The zero-order valence-electron chi connectivity index (χ0n) is 18.5. The zero-order valence-corrected chi connectivity index (χ0v) is 18.5. The van der Waals surface area contributed by atoms with E-state index in [9.17, 15) is 5.11 Å². The maximum atomic E-state index is 10.4. The van der Waals surface area contributed by atoms with Gasteiger partial charge in [0.15, 0.2) is 5.82 Å². The Morgan fingerprint density at radius 3 is 2.66 bits per heavy atom. The highest BCUT2D eigenvalue weighted by Gasteiger charge is 2.35. The average molecular weight is 431 g/mol. The second-order valence-electron chi connectivity index (χ2n) is 8.57. The van der Waals surface area contributed by atoms with Gasteiger partial charge < -0.3 is 15.2 Å². The highest BCUT2D eigenvalue weighted by Crippen LogP contribution is 2.35. The number of anilines is 2. The van der Waals surface area contributed by atoms with Crippen LogP contribution in [-0.4, -0.2) is 41.9 Å². The molecule has 1 aliphatic carbocycles. The van der Waals surface area contributed by atoms with Crippen molar-refractivity contribution in [3.8, 4) is 16.9 Å². The van der Waals surface area contributed by atoms with Gasteiger partial charge in [-0.1, -0.05) is 0 Å². The van der Waals surface area contributed by atoms with E-state index in [1.54, 1.807) is 6.20 Å². The molecule has 0 spiro atoms. The highest BCUT2D eigenvalue weighted by atomic mass is 16.5. The number of ether oxygens (including phenoxy) is 1. The number of nitrogens with zero attached hydrogens (tertiary/aromatic N) is 5. The molecule has 0 radical (unpaired) electrons. The third-order valence-electron chi connectivity index (χ3n) is 5.78. The minimum Gasteiger partial charge on any atom is -0.488 e. The van der Waals surface area contributed by atoms with Gasteiger partial charge in [0.1, 0.15) is 24.0 Å². The Labute approximate surface area is 186 Å². The van der Waals surface area contributed by atoms with Crippen LogP contribution in [0.3, 0.4) is 0 Å². The summed E-state index contributed by atoms with van der Waals surface area (Å²) in [6, 6.07) is 9.94. The Balaban J connectivity index is 1.44. The largest absolute Gasteiger partial charge is 0.488 e. The molecule has 8 nitrogen and oxygen atoms in total. The summed E-state index contributed by atoms with van der Waals surface area (Å²) >= 11 is 0. The fourth-order valence-corrected chi connectivity index (χ4v) is 3.96. The molecule has 2 N–H and O–H groups in total. The van der Waals surface area contributed by atoms with Crippen molar-refractivity contribution in [2.45, 2.75) is 45.6 Å². The predicted octanol–water partition coefficient (Wildman–Crippen LogP) is 4.15. The lowest BCUT2D eigenvalue weighted by molar-refractivity contribution is -0.0663. The van der Waals surface area contributed by atoms with Crippen molar-refractivity contribution in [1.29, 1.82) is 0 Å². The van der Waals surface area contributed by atoms with Crippen LogP contribution in [0.1, 0.15) is 36.5 Å². The van der Waals surface area contributed by atoms with E-state index in [2.05, 4.69) is 31.4 Å². The smallest absolute Gasteiger partial charge is 0.154 e. The summed E-state index contributed by atoms with van der Waals surface area (Å²) in [4.78, 5) is 13.1. The molecule has 0 saturated heterocycles. The summed E-state index contributed by atoms with van der Waals surface area (Å²) in [5, 5.41) is 18.3. The van der Waals surface area contributed by atoms with E-state index in [0.29, 0.717) is 23.2 Å². The van der Waals surface area contributed by atoms with Gasteiger partial charge in [0.25, 0.3) is 0 Å². The SMILES string of the molecule is Cc1cc(-c2ccn3nc(Nc4cc(C)nc(C)n4)cc3c2)c(OCC2(O)CCC2)cn1. The van der Waals surface area contributed by atoms with E-state index in [0.717, 1.165) is 47.3 Å². The molecule has 164 valence electrons. The number of aryl methyl sites for hydroxylation is 3. The summed E-state index contributed by atoms with van der Waals surface area (Å²) in [5.41, 5.74) is 3.97. The van der Waals surface area contributed by atoms with Crippen LogP contribution in [0.5, 0.6) is 5.75 Å². The molecule has 0 aliphatic heterocycles. The lowest BCUT2D eigenvalue weighted by Gasteiger charge is -2.36. The Hall–Kier alpha value is -3.52. The molecule has 1 saturated carbocycles. The van der Waals surface area contributed by atoms with Gasteiger partial charge >= 0.3 is 0 Å². The summed E-state index contributed by atoms with van der Waals surface area (Å²) in [6.07, 6.45) is 6.27. The Morgan fingerprint density at radius 2 is 1.91 bits per heavy atom. The van der Waals surface area contributed by atoms with Crippen molar-refractivity contribution in [3.63, 3.8) is 0 Å². The predicted molar refractivity (Wildman–Crippen MR) is 122 cm³/mol. The van der Waals surface area contributed by atoms with E-state index < -0.39 is 5.60 Å². The number of fused-ring (bicyclic) bond motifs is 1. The van der Waals surface area contributed by atoms with E-state index in [4.69, 9.17) is 4.74 Å². The topological polar surface area (TPSA) is 97.5 Å². The molecule has 4 heterocycles. The third kappa shape index (κ3) is 4.13. The molecule has 0 bridgehead atoms. The number of nitrogens with one attached hydrogen (secondary N) is 1. The molecule has 0 atom stereocenters. The second kappa shape index (κ2) is 7.87. The summed E-state index contributed by atoms with van der Waals surface area (Å²) in [7, 11) is 0. The average Bonchev–Trinajstić information content (AvgIpc) is 3.12. The van der Waals surface area contributed by atoms with Crippen molar-refractivity contribution in [2.75, 3.05) is 11.9 Å². The van der Waals surface area contributed by atoms with Crippen LogP contribution in [0, 0.1) is 20.8 Å². The quantitative estimate of drug-likeness (QED) is 0.474. The first-order chi connectivity index (χ1) is 15.4. The molecule has 0 amide bonds. The molecule has 8 heteroatoms. The molecule has 4 aromatic rings. The van der Waals surface area contributed by atoms with Crippen molar-refractivity contribution in [1.82, 2.24) is 24.6 Å². The normalized spacial score (nSPS) is 14.9.